The molecule has 5 nitrogen and oxygen atoms in total. The lowest BCUT2D eigenvalue weighted by molar-refractivity contribution is -0.120. The molecule has 1 aromatic heterocycles. The lowest BCUT2D eigenvalue weighted by Gasteiger charge is -2.38. The number of nitrogens with one attached hydrogen (secondary N) is 1. The average Bonchev–Trinajstić information content (AvgIpc) is 3.08. The van der Waals surface area contributed by atoms with E-state index in [0.29, 0.717) is 5.13 Å². The first kappa shape index (κ1) is 15.0. The van der Waals surface area contributed by atoms with Gasteiger partial charge in [0.1, 0.15) is 0 Å². The van der Waals surface area contributed by atoms with Crippen molar-refractivity contribution < 1.29 is 4.79 Å². The van der Waals surface area contributed by atoms with Crippen LogP contribution in [0.1, 0.15) is 6.92 Å². The second-order valence-electron chi connectivity index (χ2n) is 5.36. The smallest absolute Gasteiger partial charge is 0.243 e. The van der Waals surface area contributed by atoms with Gasteiger partial charge in [-0.15, -0.1) is 11.3 Å². The summed E-state index contributed by atoms with van der Waals surface area (Å²) in [5.74, 6) is 0.0168. The Bertz CT molecular complexity index is 594. The van der Waals surface area contributed by atoms with Crippen LogP contribution in [0, 0.1) is 0 Å². The molecule has 116 valence electrons. The zero-order chi connectivity index (χ0) is 15.4. The second kappa shape index (κ2) is 6.89. The number of rotatable bonds is 4. The fraction of sp³-hybridized carbons (Fsp3) is 0.375. The third-order valence-corrected chi connectivity index (χ3v) is 4.71. The first-order chi connectivity index (χ1) is 10.7. The zero-order valence-corrected chi connectivity index (χ0v) is 13.4. The lowest BCUT2D eigenvalue weighted by Crippen LogP contribution is -2.52. The van der Waals surface area contributed by atoms with Crippen LogP contribution in [0.4, 0.5) is 10.8 Å². The standard InChI is InChI=1S/C16H20N4OS/c1-13(15(21)18-16-17-7-12-22-16)19-8-10-20(11-9-19)14-5-3-2-4-6-14/h2-7,12-13H,8-11H2,1H3,(H,17,18,21)/t13-/m0/s1. The number of amides is 1. The number of thiazole rings is 1. The number of anilines is 2. The van der Waals surface area contributed by atoms with E-state index in [0.717, 1.165) is 26.2 Å². The molecule has 0 bridgehead atoms. The SMILES string of the molecule is C[C@@H](C(=O)Nc1nccs1)N1CCN(c2ccccc2)CC1. The number of hydrogen-bond acceptors (Lipinski definition) is 5. The highest BCUT2D eigenvalue weighted by Gasteiger charge is 2.25. The van der Waals surface area contributed by atoms with E-state index in [1.165, 1.54) is 17.0 Å². The largest absolute Gasteiger partial charge is 0.369 e. The van der Waals surface area contributed by atoms with E-state index in [2.05, 4.69) is 44.4 Å². The average molecular weight is 316 g/mol. The number of hydrogen-bond donors (Lipinski definition) is 1. The van der Waals surface area contributed by atoms with Crippen LogP contribution in [0.3, 0.4) is 0 Å². The fourth-order valence-electron chi connectivity index (χ4n) is 2.67. The molecule has 0 unspecified atom stereocenters. The van der Waals surface area contributed by atoms with Crippen molar-refractivity contribution in [1.29, 1.82) is 0 Å². The van der Waals surface area contributed by atoms with Crippen LogP contribution in [0.15, 0.2) is 41.9 Å². The molecule has 0 saturated carbocycles. The van der Waals surface area contributed by atoms with E-state index in [4.69, 9.17) is 0 Å². The molecule has 0 radical (unpaired) electrons. The quantitative estimate of drug-likeness (QED) is 0.940. The molecule has 1 N–H and O–H groups in total. The van der Waals surface area contributed by atoms with E-state index < -0.39 is 0 Å². The maximum absolute atomic E-state index is 12.3. The van der Waals surface area contributed by atoms with Gasteiger partial charge in [-0.1, -0.05) is 18.2 Å². The van der Waals surface area contributed by atoms with Gasteiger partial charge in [-0.05, 0) is 19.1 Å². The van der Waals surface area contributed by atoms with Gasteiger partial charge in [0.25, 0.3) is 0 Å². The Morgan fingerprint density at radius 3 is 2.59 bits per heavy atom. The van der Waals surface area contributed by atoms with Crippen LogP contribution in [-0.4, -0.2) is 48.0 Å². The van der Waals surface area contributed by atoms with Crippen molar-refractivity contribution in [2.45, 2.75) is 13.0 Å². The summed E-state index contributed by atoms with van der Waals surface area (Å²) < 4.78 is 0. The minimum absolute atomic E-state index is 0.0168. The number of nitrogens with zero attached hydrogens (tertiary/aromatic N) is 3. The predicted octanol–water partition coefficient (Wildman–Crippen LogP) is 2.29. The molecule has 22 heavy (non-hydrogen) atoms. The lowest BCUT2D eigenvalue weighted by atomic mass is 10.2. The van der Waals surface area contributed by atoms with E-state index in [1.807, 2.05) is 18.4 Å². The van der Waals surface area contributed by atoms with Crippen molar-refractivity contribution in [3.63, 3.8) is 0 Å². The molecular weight excluding hydrogens is 296 g/mol. The summed E-state index contributed by atoms with van der Waals surface area (Å²) in [5, 5.41) is 5.40. The van der Waals surface area contributed by atoms with Gasteiger partial charge in [-0.3, -0.25) is 9.69 Å². The van der Waals surface area contributed by atoms with Crippen molar-refractivity contribution in [2.75, 3.05) is 36.4 Å². The number of aromatic nitrogens is 1. The number of carbonyl (C=O) groups is 1. The molecule has 1 fully saturated rings. The normalized spacial score (nSPS) is 17.2. The summed E-state index contributed by atoms with van der Waals surface area (Å²) >= 11 is 1.44. The Morgan fingerprint density at radius 2 is 1.95 bits per heavy atom. The van der Waals surface area contributed by atoms with Gasteiger partial charge < -0.3 is 10.2 Å². The minimum Gasteiger partial charge on any atom is -0.369 e. The number of para-hydroxylation sites is 1. The van der Waals surface area contributed by atoms with E-state index >= 15 is 0 Å². The summed E-state index contributed by atoms with van der Waals surface area (Å²) in [5.41, 5.74) is 1.25. The summed E-state index contributed by atoms with van der Waals surface area (Å²) in [6.45, 7) is 5.63. The molecular formula is C16H20N4OS. The number of benzene rings is 1. The second-order valence-corrected chi connectivity index (χ2v) is 6.26. The van der Waals surface area contributed by atoms with Gasteiger partial charge in [0.15, 0.2) is 5.13 Å². The fourth-order valence-corrected chi connectivity index (χ4v) is 3.20. The van der Waals surface area contributed by atoms with Crippen LogP contribution < -0.4 is 10.2 Å². The van der Waals surface area contributed by atoms with Crippen molar-refractivity contribution in [2.24, 2.45) is 0 Å². The molecule has 1 amide bonds. The molecule has 2 aromatic rings. The van der Waals surface area contributed by atoms with Gasteiger partial charge in [-0.25, -0.2) is 4.98 Å². The van der Waals surface area contributed by atoms with Gasteiger partial charge >= 0.3 is 0 Å². The minimum atomic E-state index is -0.137. The molecule has 1 aromatic carbocycles. The van der Waals surface area contributed by atoms with Crippen molar-refractivity contribution >= 4 is 28.1 Å². The number of piperazine rings is 1. The van der Waals surface area contributed by atoms with E-state index in [-0.39, 0.29) is 11.9 Å². The maximum atomic E-state index is 12.3. The van der Waals surface area contributed by atoms with Crippen LogP contribution in [-0.2, 0) is 4.79 Å². The molecule has 0 aliphatic carbocycles. The Hall–Kier alpha value is -1.92. The van der Waals surface area contributed by atoms with E-state index in [9.17, 15) is 4.79 Å². The highest BCUT2D eigenvalue weighted by atomic mass is 32.1. The highest BCUT2D eigenvalue weighted by Crippen LogP contribution is 2.17. The van der Waals surface area contributed by atoms with Crippen LogP contribution in [0.2, 0.25) is 0 Å². The zero-order valence-electron chi connectivity index (χ0n) is 12.6. The Kier molecular flexibility index (Phi) is 4.70. The van der Waals surface area contributed by atoms with Gasteiger partial charge in [0.05, 0.1) is 6.04 Å². The third-order valence-electron chi connectivity index (χ3n) is 4.03. The molecule has 0 spiro atoms. The maximum Gasteiger partial charge on any atom is 0.243 e. The van der Waals surface area contributed by atoms with Gasteiger partial charge in [0, 0.05) is 43.4 Å². The first-order valence-electron chi connectivity index (χ1n) is 7.48. The Balaban J connectivity index is 1.53. The molecule has 1 aliphatic rings. The number of carbonyl (C=O) groups excluding carboxylic acids is 1. The monoisotopic (exact) mass is 316 g/mol. The van der Waals surface area contributed by atoms with Crippen molar-refractivity contribution in [3.8, 4) is 0 Å². The van der Waals surface area contributed by atoms with Crippen molar-refractivity contribution in [3.05, 3.63) is 41.9 Å². The Labute approximate surface area is 134 Å². The molecule has 3 rings (SSSR count). The highest BCUT2D eigenvalue weighted by molar-refractivity contribution is 7.13. The van der Waals surface area contributed by atoms with Crippen LogP contribution in [0.5, 0.6) is 0 Å². The van der Waals surface area contributed by atoms with Gasteiger partial charge in [-0.2, -0.15) is 0 Å². The molecule has 1 saturated heterocycles. The molecule has 6 heteroatoms. The summed E-state index contributed by atoms with van der Waals surface area (Å²) in [6.07, 6.45) is 1.70. The van der Waals surface area contributed by atoms with E-state index in [1.54, 1.807) is 6.20 Å². The predicted molar refractivity (Wildman–Crippen MR) is 90.4 cm³/mol. The summed E-state index contributed by atoms with van der Waals surface area (Å²) in [4.78, 5) is 20.9. The third kappa shape index (κ3) is 3.45. The van der Waals surface area contributed by atoms with Gasteiger partial charge in [0.2, 0.25) is 5.91 Å². The molecule has 1 atom stereocenters. The van der Waals surface area contributed by atoms with Crippen LogP contribution in [0.25, 0.3) is 0 Å². The Morgan fingerprint density at radius 1 is 1.23 bits per heavy atom. The summed E-state index contributed by atoms with van der Waals surface area (Å²) in [6, 6.07) is 10.3. The first-order valence-corrected chi connectivity index (χ1v) is 8.36. The topological polar surface area (TPSA) is 48.5 Å². The molecule has 2 heterocycles. The summed E-state index contributed by atoms with van der Waals surface area (Å²) in [7, 11) is 0. The van der Waals surface area contributed by atoms with Crippen molar-refractivity contribution in [1.82, 2.24) is 9.88 Å². The molecule has 1 aliphatic heterocycles. The van der Waals surface area contributed by atoms with Crippen LogP contribution >= 0.6 is 11.3 Å².